The molecule has 0 amide bonds. The second-order valence-corrected chi connectivity index (χ2v) is 4.99. The quantitative estimate of drug-likeness (QED) is 0.773. The Morgan fingerprint density at radius 2 is 1.94 bits per heavy atom. The number of halogens is 1. The highest BCUT2D eigenvalue weighted by Crippen LogP contribution is 2.35. The van der Waals surface area contributed by atoms with Crippen LogP contribution in [0.1, 0.15) is 17.4 Å². The van der Waals surface area contributed by atoms with Crippen molar-refractivity contribution in [1.29, 1.82) is 0 Å². The van der Waals surface area contributed by atoms with Crippen LogP contribution >= 0.6 is 11.6 Å². The number of fused-ring (bicyclic) bond motifs is 1. The maximum absolute atomic E-state index is 6.37. The van der Waals surface area contributed by atoms with Crippen molar-refractivity contribution < 1.29 is 9.47 Å². The zero-order valence-corrected chi connectivity index (χ0v) is 11.0. The molecule has 1 aliphatic rings. The van der Waals surface area contributed by atoms with Crippen LogP contribution in [-0.4, -0.2) is 38.8 Å². The summed E-state index contributed by atoms with van der Waals surface area (Å²) in [7, 11) is 4.10. The van der Waals surface area contributed by atoms with Crippen molar-refractivity contribution in [1.82, 2.24) is 4.90 Å². The van der Waals surface area contributed by atoms with E-state index in [0.717, 1.165) is 30.0 Å². The standard InChI is InChI=1S/C13H18ClNO2/c1-15(2)6-5-11(14)10-3-4-12-13(9-10)17-8-7-16-12/h3-4,9,11H,5-8H2,1-2H3. The Balaban J connectivity index is 2.05. The molecule has 0 aromatic heterocycles. The Morgan fingerprint density at radius 3 is 2.65 bits per heavy atom. The third-order valence-corrected chi connectivity index (χ3v) is 3.23. The zero-order valence-electron chi connectivity index (χ0n) is 10.3. The van der Waals surface area contributed by atoms with Gasteiger partial charge in [-0.15, -0.1) is 11.6 Å². The maximum atomic E-state index is 6.37. The number of hydrogen-bond donors (Lipinski definition) is 0. The van der Waals surface area contributed by atoms with Crippen LogP contribution in [0, 0.1) is 0 Å². The summed E-state index contributed by atoms with van der Waals surface area (Å²) in [5.74, 6) is 1.63. The van der Waals surface area contributed by atoms with Crippen molar-refractivity contribution >= 4 is 11.6 Å². The summed E-state index contributed by atoms with van der Waals surface area (Å²) < 4.78 is 11.0. The van der Waals surface area contributed by atoms with E-state index in [2.05, 4.69) is 4.90 Å². The summed E-state index contributed by atoms with van der Waals surface area (Å²) in [5, 5.41) is 0.0215. The fourth-order valence-corrected chi connectivity index (χ4v) is 2.03. The number of alkyl halides is 1. The summed E-state index contributed by atoms with van der Waals surface area (Å²) in [6.07, 6.45) is 0.925. The molecule has 0 saturated carbocycles. The van der Waals surface area contributed by atoms with E-state index in [9.17, 15) is 0 Å². The molecular formula is C13H18ClNO2. The second-order valence-electron chi connectivity index (χ2n) is 4.46. The van der Waals surface area contributed by atoms with E-state index in [1.807, 2.05) is 32.3 Å². The number of benzene rings is 1. The largest absolute Gasteiger partial charge is 0.486 e. The molecular weight excluding hydrogens is 238 g/mol. The van der Waals surface area contributed by atoms with Gasteiger partial charge in [0.05, 0.1) is 5.38 Å². The van der Waals surface area contributed by atoms with Gasteiger partial charge >= 0.3 is 0 Å². The van der Waals surface area contributed by atoms with Crippen LogP contribution in [0.3, 0.4) is 0 Å². The summed E-state index contributed by atoms with van der Waals surface area (Å²) in [5.41, 5.74) is 1.10. The van der Waals surface area contributed by atoms with Crippen molar-refractivity contribution in [3.05, 3.63) is 23.8 Å². The van der Waals surface area contributed by atoms with E-state index in [0.29, 0.717) is 13.2 Å². The third kappa shape index (κ3) is 3.27. The maximum Gasteiger partial charge on any atom is 0.161 e. The molecule has 0 saturated heterocycles. The molecule has 0 N–H and O–H groups in total. The van der Waals surface area contributed by atoms with Crippen LogP contribution in [0.2, 0.25) is 0 Å². The van der Waals surface area contributed by atoms with Crippen molar-refractivity contribution in [2.24, 2.45) is 0 Å². The zero-order chi connectivity index (χ0) is 12.3. The molecule has 1 atom stereocenters. The molecule has 94 valence electrons. The molecule has 17 heavy (non-hydrogen) atoms. The van der Waals surface area contributed by atoms with Gasteiger partial charge in [0.1, 0.15) is 13.2 Å². The molecule has 0 spiro atoms. The SMILES string of the molecule is CN(C)CCC(Cl)c1ccc2c(c1)OCCO2. The lowest BCUT2D eigenvalue weighted by atomic mass is 10.1. The molecule has 0 aliphatic carbocycles. The van der Waals surface area contributed by atoms with Crippen molar-refractivity contribution in [2.45, 2.75) is 11.8 Å². The third-order valence-electron chi connectivity index (χ3n) is 2.76. The molecule has 4 heteroatoms. The van der Waals surface area contributed by atoms with E-state index >= 15 is 0 Å². The van der Waals surface area contributed by atoms with E-state index in [-0.39, 0.29) is 5.38 Å². The lowest BCUT2D eigenvalue weighted by molar-refractivity contribution is 0.171. The second kappa shape index (κ2) is 5.61. The monoisotopic (exact) mass is 255 g/mol. The molecule has 1 heterocycles. The van der Waals surface area contributed by atoms with Gasteiger partial charge in [-0.25, -0.2) is 0 Å². The Bertz CT molecular complexity index is 382. The first-order valence-corrected chi connectivity index (χ1v) is 6.29. The molecule has 0 bridgehead atoms. The van der Waals surface area contributed by atoms with Crippen molar-refractivity contribution in [3.63, 3.8) is 0 Å². The highest BCUT2D eigenvalue weighted by molar-refractivity contribution is 6.20. The van der Waals surface area contributed by atoms with Gasteiger partial charge in [-0.2, -0.15) is 0 Å². The first-order chi connectivity index (χ1) is 8.16. The predicted octanol–water partition coefficient (Wildman–Crippen LogP) is 2.69. The van der Waals surface area contributed by atoms with E-state index in [1.165, 1.54) is 0 Å². The summed E-state index contributed by atoms with van der Waals surface area (Å²) in [4.78, 5) is 2.13. The molecule has 1 aliphatic heterocycles. The number of hydrogen-bond acceptors (Lipinski definition) is 3. The first-order valence-electron chi connectivity index (χ1n) is 5.85. The van der Waals surface area contributed by atoms with Crippen molar-refractivity contribution in [2.75, 3.05) is 33.9 Å². The number of nitrogens with zero attached hydrogens (tertiary/aromatic N) is 1. The molecule has 1 aromatic rings. The van der Waals surface area contributed by atoms with Crippen LogP contribution < -0.4 is 9.47 Å². The molecule has 1 unspecified atom stereocenters. The van der Waals surface area contributed by atoms with Crippen molar-refractivity contribution in [3.8, 4) is 11.5 Å². The van der Waals surface area contributed by atoms with Gasteiger partial charge < -0.3 is 14.4 Å². The van der Waals surface area contributed by atoms with Gasteiger partial charge in [0.2, 0.25) is 0 Å². The number of ether oxygens (including phenoxy) is 2. The summed E-state index contributed by atoms with van der Waals surface area (Å²) in [6.45, 7) is 2.21. The molecule has 3 nitrogen and oxygen atoms in total. The Labute approximate surface area is 107 Å². The smallest absolute Gasteiger partial charge is 0.161 e. The number of rotatable bonds is 4. The van der Waals surface area contributed by atoms with Gasteiger partial charge in [-0.05, 0) is 44.8 Å². The fourth-order valence-electron chi connectivity index (χ4n) is 1.79. The minimum Gasteiger partial charge on any atom is -0.486 e. The molecule has 0 fully saturated rings. The minimum atomic E-state index is 0.0215. The normalized spacial score (nSPS) is 16.0. The average molecular weight is 256 g/mol. The summed E-state index contributed by atoms with van der Waals surface area (Å²) in [6, 6.07) is 5.94. The Morgan fingerprint density at radius 1 is 1.24 bits per heavy atom. The van der Waals surface area contributed by atoms with Crippen LogP contribution in [0.4, 0.5) is 0 Å². The van der Waals surface area contributed by atoms with Gasteiger partial charge in [-0.1, -0.05) is 6.07 Å². The van der Waals surface area contributed by atoms with E-state index < -0.39 is 0 Å². The highest BCUT2D eigenvalue weighted by Gasteiger charge is 2.15. The van der Waals surface area contributed by atoms with Crippen LogP contribution in [0.15, 0.2) is 18.2 Å². The van der Waals surface area contributed by atoms with E-state index in [1.54, 1.807) is 0 Å². The highest BCUT2D eigenvalue weighted by atomic mass is 35.5. The van der Waals surface area contributed by atoms with Crippen LogP contribution in [-0.2, 0) is 0 Å². The van der Waals surface area contributed by atoms with Gasteiger partial charge in [0, 0.05) is 0 Å². The van der Waals surface area contributed by atoms with Gasteiger partial charge in [-0.3, -0.25) is 0 Å². The molecule has 1 aromatic carbocycles. The van der Waals surface area contributed by atoms with Gasteiger partial charge in [0.25, 0.3) is 0 Å². The Hall–Kier alpha value is -0.930. The van der Waals surface area contributed by atoms with Crippen LogP contribution in [0.5, 0.6) is 11.5 Å². The minimum absolute atomic E-state index is 0.0215. The predicted molar refractivity (Wildman–Crippen MR) is 69.2 cm³/mol. The van der Waals surface area contributed by atoms with Crippen LogP contribution in [0.25, 0.3) is 0 Å². The lowest BCUT2D eigenvalue weighted by Crippen LogP contribution is -2.16. The molecule has 0 radical (unpaired) electrons. The van der Waals surface area contributed by atoms with E-state index in [4.69, 9.17) is 21.1 Å². The Kier molecular flexibility index (Phi) is 4.13. The first kappa shape index (κ1) is 12.5. The fraction of sp³-hybridized carbons (Fsp3) is 0.538. The average Bonchev–Trinajstić information content (AvgIpc) is 2.35. The van der Waals surface area contributed by atoms with Gasteiger partial charge in [0.15, 0.2) is 11.5 Å². The lowest BCUT2D eigenvalue weighted by Gasteiger charge is -2.20. The molecule has 2 rings (SSSR count). The topological polar surface area (TPSA) is 21.7 Å². The summed E-state index contributed by atoms with van der Waals surface area (Å²) >= 11 is 6.37.